The van der Waals surface area contributed by atoms with E-state index in [1.54, 1.807) is 7.11 Å². The zero-order chi connectivity index (χ0) is 15.2. The quantitative estimate of drug-likeness (QED) is 0.840. The SMILES string of the molecule is COc1ccccc1N(C)Cc1ccc(CNC(C)C)s1. The summed E-state index contributed by atoms with van der Waals surface area (Å²) in [4.78, 5) is 4.97. The Bertz CT molecular complexity index is 565. The molecule has 2 rings (SSSR count). The number of para-hydroxylation sites is 2. The maximum atomic E-state index is 5.43. The van der Waals surface area contributed by atoms with Crippen LogP contribution in [0.3, 0.4) is 0 Å². The molecule has 0 spiro atoms. The Hall–Kier alpha value is -1.52. The number of benzene rings is 1. The molecule has 3 nitrogen and oxygen atoms in total. The van der Waals surface area contributed by atoms with Crippen molar-refractivity contribution in [1.29, 1.82) is 0 Å². The van der Waals surface area contributed by atoms with E-state index in [2.05, 4.69) is 49.3 Å². The molecule has 21 heavy (non-hydrogen) atoms. The Kier molecular flexibility index (Phi) is 5.65. The molecule has 0 amide bonds. The normalized spacial score (nSPS) is 10.9. The molecule has 1 aromatic carbocycles. The van der Waals surface area contributed by atoms with Crippen LogP contribution in [0.5, 0.6) is 5.75 Å². The molecule has 0 saturated carbocycles. The molecule has 4 heteroatoms. The van der Waals surface area contributed by atoms with Gasteiger partial charge in [0.05, 0.1) is 19.3 Å². The number of hydrogen-bond donors (Lipinski definition) is 1. The molecule has 0 aliphatic heterocycles. The predicted molar refractivity (Wildman–Crippen MR) is 91.4 cm³/mol. The van der Waals surface area contributed by atoms with Gasteiger partial charge < -0.3 is 15.0 Å². The van der Waals surface area contributed by atoms with Gasteiger partial charge in [0.15, 0.2) is 0 Å². The lowest BCUT2D eigenvalue weighted by Gasteiger charge is -2.20. The summed E-state index contributed by atoms with van der Waals surface area (Å²) in [6.45, 7) is 6.18. The van der Waals surface area contributed by atoms with Crippen molar-refractivity contribution in [2.75, 3.05) is 19.1 Å². The molecule has 0 fully saturated rings. The average molecular weight is 304 g/mol. The van der Waals surface area contributed by atoms with Crippen LogP contribution in [-0.2, 0) is 13.1 Å². The van der Waals surface area contributed by atoms with Crippen LogP contribution < -0.4 is 15.0 Å². The molecule has 0 atom stereocenters. The van der Waals surface area contributed by atoms with Gasteiger partial charge in [-0.1, -0.05) is 26.0 Å². The molecule has 0 radical (unpaired) electrons. The van der Waals surface area contributed by atoms with Gasteiger partial charge in [-0.15, -0.1) is 11.3 Å². The minimum atomic E-state index is 0.520. The maximum Gasteiger partial charge on any atom is 0.142 e. The summed E-state index contributed by atoms with van der Waals surface area (Å²) >= 11 is 1.87. The molecular weight excluding hydrogens is 280 g/mol. The van der Waals surface area contributed by atoms with Crippen LogP contribution in [0.1, 0.15) is 23.6 Å². The summed E-state index contributed by atoms with van der Waals surface area (Å²) in [5.74, 6) is 0.915. The number of ether oxygens (including phenoxy) is 1. The number of thiophene rings is 1. The second-order valence-corrected chi connectivity index (χ2v) is 6.68. The van der Waals surface area contributed by atoms with Crippen molar-refractivity contribution in [2.45, 2.75) is 33.0 Å². The maximum absolute atomic E-state index is 5.43. The standard InChI is InChI=1S/C17H24N2OS/c1-13(2)18-11-14-9-10-15(21-14)12-19(3)16-7-5-6-8-17(16)20-4/h5-10,13,18H,11-12H2,1-4H3. The first-order valence-electron chi connectivity index (χ1n) is 7.25. The highest BCUT2D eigenvalue weighted by Crippen LogP contribution is 2.29. The van der Waals surface area contributed by atoms with E-state index in [4.69, 9.17) is 4.74 Å². The Balaban J connectivity index is 2.01. The number of hydrogen-bond acceptors (Lipinski definition) is 4. The van der Waals surface area contributed by atoms with E-state index >= 15 is 0 Å². The van der Waals surface area contributed by atoms with E-state index in [0.717, 1.165) is 24.5 Å². The molecule has 1 aromatic heterocycles. The zero-order valence-electron chi connectivity index (χ0n) is 13.2. The smallest absolute Gasteiger partial charge is 0.142 e. The van der Waals surface area contributed by atoms with Crippen LogP contribution in [0.2, 0.25) is 0 Å². The first-order valence-corrected chi connectivity index (χ1v) is 8.07. The fraction of sp³-hybridized carbons (Fsp3) is 0.412. The molecule has 0 unspecified atom stereocenters. The molecule has 0 saturated heterocycles. The molecule has 0 aliphatic rings. The summed E-state index contributed by atoms with van der Waals surface area (Å²) in [6.07, 6.45) is 0. The minimum Gasteiger partial charge on any atom is -0.495 e. The van der Waals surface area contributed by atoms with Gasteiger partial charge in [-0.2, -0.15) is 0 Å². The van der Waals surface area contributed by atoms with Crippen LogP contribution in [0, 0.1) is 0 Å². The fourth-order valence-electron chi connectivity index (χ4n) is 2.17. The van der Waals surface area contributed by atoms with Crippen LogP contribution in [0.15, 0.2) is 36.4 Å². The second kappa shape index (κ2) is 7.48. The summed E-state index contributed by atoms with van der Waals surface area (Å²) < 4.78 is 5.43. The van der Waals surface area contributed by atoms with Gasteiger partial charge in [0, 0.05) is 29.4 Å². The highest BCUT2D eigenvalue weighted by Gasteiger charge is 2.09. The zero-order valence-corrected chi connectivity index (χ0v) is 14.0. The average Bonchev–Trinajstić information content (AvgIpc) is 2.92. The van der Waals surface area contributed by atoms with Crippen molar-refractivity contribution in [2.24, 2.45) is 0 Å². The monoisotopic (exact) mass is 304 g/mol. The van der Waals surface area contributed by atoms with Crippen LogP contribution in [0.4, 0.5) is 5.69 Å². The first kappa shape index (κ1) is 15.9. The summed E-state index contributed by atoms with van der Waals surface area (Å²) in [7, 11) is 3.82. The lowest BCUT2D eigenvalue weighted by atomic mass is 10.2. The summed E-state index contributed by atoms with van der Waals surface area (Å²) in [5.41, 5.74) is 1.12. The number of rotatable bonds is 7. The Morgan fingerprint density at radius 1 is 1.14 bits per heavy atom. The van der Waals surface area contributed by atoms with Gasteiger partial charge in [0.1, 0.15) is 5.75 Å². The van der Waals surface area contributed by atoms with Gasteiger partial charge >= 0.3 is 0 Å². The van der Waals surface area contributed by atoms with Crippen molar-refractivity contribution in [3.05, 3.63) is 46.2 Å². The van der Waals surface area contributed by atoms with Gasteiger partial charge in [0.25, 0.3) is 0 Å². The van der Waals surface area contributed by atoms with Crippen molar-refractivity contribution in [3.8, 4) is 5.75 Å². The van der Waals surface area contributed by atoms with Crippen LogP contribution in [0.25, 0.3) is 0 Å². The lowest BCUT2D eigenvalue weighted by Crippen LogP contribution is -2.21. The van der Waals surface area contributed by atoms with Crippen molar-refractivity contribution >= 4 is 17.0 Å². The third-order valence-electron chi connectivity index (χ3n) is 3.29. The van der Waals surface area contributed by atoms with E-state index in [0.29, 0.717) is 6.04 Å². The van der Waals surface area contributed by atoms with Gasteiger partial charge in [-0.25, -0.2) is 0 Å². The van der Waals surface area contributed by atoms with Gasteiger partial charge in [0.2, 0.25) is 0 Å². The molecular formula is C17H24N2OS. The third kappa shape index (κ3) is 4.48. The van der Waals surface area contributed by atoms with Crippen molar-refractivity contribution in [3.63, 3.8) is 0 Å². The Morgan fingerprint density at radius 3 is 2.57 bits per heavy atom. The molecule has 0 aliphatic carbocycles. The first-order chi connectivity index (χ1) is 10.1. The summed E-state index contributed by atoms with van der Waals surface area (Å²) in [5, 5.41) is 3.46. The predicted octanol–water partition coefficient (Wildman–Crippen LogP) is 3.89. The Labute approximate surface area is 131 Å². The number of nitrogens with one attached hydrogen (secondary N) is 1. The third-order valence-corrected chi connectivity index (χ3v) is 4.36. The van der Waals surface area contributed by atoms with E-state index < -0.39 is 0 Å². The Morgan fingerprint density at radius 2 is 1.86 bits per heavy atom. The largest absolute Gasteiger partial charge is 0.495 e. The molecule has 0 bridgehead atoms. The number of nitrogens with zero attached hydrogens (tertiary/aromatic N) is 1. The van der Waals surface area contributed by atoms with Crippen molar-refractivity contribution in [1.82, 2.24) is 5.32 Å². The fourth-order valence-corrected chi connectivity index (χ4v) is 3.19. The minimum absolute atomic E-state index is 0.520. The highest BCUT2D eigenvalue weighted by atomic mass is 32.1. The molecule has 1 N–H and O–H groups in total. The second-order valence-electron chi connectivity index (χ2n) is 5.43. The summed E-state index contributed by atoms with van der Waals surface area (Å²) in [6, 6.07) is 13.1. The lowest BCUT2D eigenvalue weighted by molar-refractivity contribution is 0.415. The molecule has 114 valence electrons. The van der Waals surface area contributed by atoms with E-state index in [-0.39, 0.29) is 0 Å². The number of methoxy groups -OCH3 is 1. The van der Waals surface area contributed by atoms with E-state index in [1.807, 2.05) is 29.5 Å². The molecule has 2 aromatic rings. The number of anilines is 1. The van der Waals surface area contributed by atoms with E-state index in [9.17, 15) is 0 Å². The van der Waals surface area contributed by atoms with Crippen LogP contribution >= 0.6 is 11.3 Å². The molecule has 1 heterocycles. The van der Waals surface area contributed by atoms with E-state index in [1.165, 1.54) is 9.75 Å². The van der Waals surface area contributed by atoms with Crippen LogP contribution in [-0.4, -0.2) is 20.2 Å². The van der Waals surface area contributed by atoms with Gasteiger partial charge in [-0.3, -0.25) is 0 Å². The topological polar surface area (TPSA) is 24.5 Å². The van der Waals surface area contributed by atoms with Crippen molar-refractivity contribution < 1.29 is 4.74 Å². The van der Waals surface area contributed by atoms with Gasteiger partial charge in [-0.05, 0) is 24.3 Å². The highest BCUT2D eigenvalue weighted by molar-refractivity contribution is 7.12.